The molecule has 2 N–H and O–H groups in total. The van der Waals surface area contributed by atoms with Gasteiger partial charge in [-0.25, -0.2) is 4.39 Å². The average molecular weight is 405 g/mol. The van der Waals surface area contributed by atoms with Crippen molar-refractivity contribution < 1.29 is 14.1 Å². The molecule has 2 aromatic carbocycles. The SMILES string of the molecule is O=C(CSc1nnc(Nc2ccccc2)s1)Nc1ccc(F)cc1[N+](=O)[O-]. The van der Waals surface area contributed by atoms with E-state index in [2.05, 4.69) is 20.8 Å². The van der Waals surface area contributed by atoms with Gasteiger partial charge in [0.2, 0.25) is 11.0 Å². The van der Waals surface area contributed by atoms with Crippen molar-refractivity contribution in [2.75, 3.05) is 16.4 Å². The molecule has 3 aromatic rings. The van der Waals surface area contributed by atoms with Gasteiger partial charge in [-0.3, -0.25) is 14.9 Å². The monoisotopic (exact) mass is 405 g/mol. The van der Waals surface area contributed by atoms with E-state index < -0.39 is 22.3 Å². The number of hydrogen-bond donors (Lipinski definition) is 2. The molecule has 0 radical (unpaired) electrons. The molecule has 0 fully saturated rings. The third-order valence-electron chi connectivity index (χ3n) is 3.19. The van der Waals surface area contributed by atoms with E-state index in [1.165, 1.54) is 11.3 Å². The highest BCUT2D eigenvalue weighted by Gasteiger charge is 2.17. The molecule has 3 rings (SSSR count). The van der Waals surface area contributed by atoms with Gasteiger partial charge in [-0.2, -0.15) is 0 Å². The number of nitrogens with zero attached hydrogens (tertiary/aromatic N) is 3. The molecule has 0 aliphatic rings. The van der Waals surface area contributed by atoms with E-state index in [0.29, 0.717) is 9.47 Å². The lowest BCUT2D eigenvalue weighted by molar-refractivity contribution is -0.384. The average Bonchev–Trinajstić information content (AvgIpc) is 3.09. The van der Waals surface area contributed by atoms with Crippen LogP contribution < -0.4 is 10.6 Å². The number of anilines is 3. The second kappa shape index (κ2) is 8.56. The van der Waals surface area contributed by atoms with Crippen LogP contribution in [0.1, 0.15) is 0 Å². The lowest BCUT2D eigenvalue weighted by atomic mass is 10.2. The van der Waals surface area contributed by atoms with Gasteiger partial charge in [0, 0.05) is 5.69 Å². The summed E-state index contributed by atoms with van der Waals surface area (Å²) in [7, 11) is 0. The van der Waals surface area contributed by atoms with Crippen LogP contribution in [0, 0.1) is 15.9 Å². The van der Waals surface area contributed by atoms with Crippen LogP contribution in [0.3, 0.4) is 0 Å². The predicted octanol–water partition coefficient (Wildman–Crippen LogP) is 4.06. The minimum Gasteiger partial charge on any atom is -0.330 e. The van der Waals surface area contributed by atoms with Gasteiger partial charge in [0.15, 0.2) is 4.34 Å². The van der Waals surface area contributed by atoms with Crippen molar-refractivity contribution in [3.05, 3.63) is 64.5 Å². The molecular formula is C16H12FN5O3S2. The number of hydrogen-bond acceptors (Lipinski definition) is 8. The van der Waals surface area contributed by atoms with Crippen molar-refractivity contribution in [1.29, 1.82) is 0 Å². The molecule has 0 aliphatic carbocycles. The van der Waals surface area contributed by atoms with E-state index in [4.69, 9.17) is 0 Å². The normalized spacial score (nSPS) is 10.4. The number of nitro benzene ring substituents is 1. The van der Waals surface area contributed by atoms with Crippen LogP contribution in [0.4, 0.5) is 26.6 Å². The molecule has 0 bridgehead atoms. The highest BCUT2D eigenvalue weighted by atomic mass is 32.2. The molecule has 0 saturated carbocycles. The van der Waals surface area contributed by atoms with Crippen molar-refractivity contribution in [3.8, 4) is 0 Å². The van der Waals surface area contributed by atoms with E-state index in [9.17, 15) is 19.3 Å². The Kier molecular flexibility index (Phi) is 5.94. The zero-order chi connectivity index (χ0) is 19.2. The lowest BCUT2D eigenvalue weighted by Gasteiger charge is -2.05. The quantitative estimate of drug-likeness (QED) is 0.346. The Morgan fingerprint density at radius 3 is 2.74 bits per heavy atom. The highest BCUT2D eigenvalue weighted by molar-refractivity contribution is 8.01. The van der Waals surface area contributed by atoms with Crippen molar-refractivity contribution in [2.45, 2.75) is 4.34 Å². The van der Waals surface area contributed by atoms with Crippen LogP contribution in [-0.2, 0) is 4.79 Å². The van der Waals surface area contributed by atoms with Crippen molar-refractivity contribution >= 4 is 51.2 Å². The molecule has 1 amide bonds. The maximum absolute atomic E-state index is 13.1. The lowest BCUT2D eigenvalue weighted by Crippen LogP contribution is -2.15. The number of nitrogens with one attached hydrogen (secondary N) is 2. The van der Waals surface area contributed by atoms with Gasteiger partial charge in [0.25, 0.3) is 5.69 Å². The third-order valence-corrected chi connectivity index (χ3v) is 5.16. The largest absolute Gasteiger partial charge is 0.330 e. The molecular weight excluding hydrogens is 393 g/mol. The second-order valence-corrected chi connectivity index (χ2v) is 7.32. The van der Waals surface area contributed by atoms with Crippen LogP contribution in [0.2, 0.25) is 0 Å². The van der Waals surface area contributed by atoms with Gasteiger partial charge in [-0.15, -0.1) is 10.2 Å². The van der Waals surface area contributed by atoms with Crippen molar-refractivity contribution in [3.63, 3.8) is 0 Å². The molecule has 0 atom stereocenters. The van der Waals surface area contributed by atoms with Crippen LogP contribution in [0.5, 0.6) is 0 Å². The Labute approximate surface area is 161 Å². The summed E-state index contributed by atoms with van der Waals surface area (Å²) in [5.74, 6) is -1.24. The minimum absolute atomic E-state index is 0.0193. The highest BCUT2D eigenvalue weighted by Crippen LogP contribution is 2.29. The number of carbonyl (C=O) groups is 1. The number of carbonyl (C=O) groups excluding carboxylic acids is 1. The van der Waals surface area contributed by atoms with E-state index in [0.717, 1.165) is 35.6 Å². The van der Waals surface area contributed by atoms with Gasteiger partial charge in [0.1, 0.15) is 11.5 Å². The van der Waals surface area contributed by atoms with E-state index >= 15 is 0 Å². The van der Waals surface area contributed by atoms with Crippen LogP contribution in [0.15, 0.2) is 52.9 Å². The maximum atomic E-state index is 13.1. The van der Waals surface area contributed by atoms with Crippen LogP contribution in [0.25, 0.3) is 0 Å². The molecule has 0 spiro atoms. The first-order valence-electron chi connectivity index (χ1n) is 7.53. The fourth-order valence-electron chi connectivity index (χ4n) is 2.04. The Morgan fingerprint density at radius 2 is 2.00 bits per heavy atom. The molecule has 1 heterocycles. The molecule has 1 aromatic heterocycles. The van der Waals surface area contributed by atoms with Gasteiger partial charge in [0.05, 0.1) is 16.7 Å². The van der Waals surface area contributed by atoms with Crippen molar-refractivity contribution in [2.24, 2.45) is 0 Å². The van der Waals surface area contributed by atoms with Crippen molar-refractivity contribution in [1.82, 2.24) is 10.2 Å². The Bertz CT molecular complexity index is 968. The summed E-state index contributed by atoms with van der Waals surface area (Å²) in [4.78, 5) is 22.2. The molecule has 11 heteroatoms. The number of halogens is 1. The second-order valence-electron chi connectivity index (χ2n) is 5.12. The molecule has 0 unspecified atom stereocenters. The van der Waals surface area contributed by atoms with Gasteiger partial charge in [-0.05, 0) is 24.3 Å². The first-order valence-corrected chi connectivity index (χ1v) is 9.33. The molecule has 138 valence electrons. The Hall–Kier alpha value is -3.05. The van der Waals surface area contributed by atoms with Crippen LogP contribution >= 0.6 is 23.1 Å². The van der Waals surface area contributed by atoms with E-state index in [-0.39, 0.29) is 11.4 Å². The van der Waals surface area contributed by atoms with E-state index in [1.54, 1.807) is 0 Å². The summed E-state index contributed by atoms with van der Waals surface area (Å²) in [6.45, 7) is 0. The Balaban J connectivity index is 1.56. The van der Waals surface area contributed by atoms with Gasteiger partial charge in [-0.1, -0.05) is 41.3 Å². The summed E-state index contributed by atoms with van der Waals surface area (Å²) >= 11 is 2.42. The summed E-state index contributed by atoms with van der Waals surface area (Å²) in [5.41, 5.74) is 0.306. The topological polar surface area (TPSA) is 110 Å². The zero-order valence-corrected chi connectivity index (χ0v) is 15.2. The Morgan fingerprint density at radius 1 is 1.22 bits per heavy atom. The fraction of sp³-hybridized carbons (Fsp3) is 0.0625. The number of thioether (sulfide) groups is 1. The fourth-order valence-corrected chi connectivity index (χ4v) is 3.61. The first kappa shape index (κ1) is 18.7. The number of benzene rings is 2. The summed E-state index contributed by atoms with van der Waals surface area (Å²) < 4.78 is 13.7. The van der Waals surface area contributed by atoms with E-state index in [1.807, 2.05) is 30.3 Å². The predicted molar refractivity (Wildman–Crippen MR) is 102 cm³/mol. The van der Waals surface area contributed by atoms with Gasteiger partial charge < -0.3 is 10.6 Å². The summed E-state index contributed by atoms with van der Waals surface area (Å²) in [6.07, 6.45) is 0. The number of amides is 1. The number of rotatable bonds is 7. The maximum Gasteiger partial charge on any atom is 0.295 e. The summed E-state index contributed by atoms with van der Waals surface area (Å²) in [5, 5.41) is 25.0. The smallest absolute Gasteiger partial charge is 0.295 e. The number of nitro groups is 1. The number of aromatic nitrogens is 2. The zero-order valence-electron chi connectivity index (χ0n) is 13.6. The first-order chi connectivity index (χ1) is 13.0. The van der Waals surface area contributed by atoms with Crippen LogP contribution in [-0.4, -0.2) is 26.8 Å². The minimum atomic E-state index is -0.752. The third kappa shape index (κ3) is 5.21. The molecule has 0 aliphatic heterocycles. The molecule has 0 saturated heterocycles. The van der Waals surface area contributed by atoms with Gasteiger partial charge >= 0.3 is 0 Å². The molecule has 8 nitrogen and oxygen atoms in total. The summed E-state index contributed by atoms with van der Waals surface area (Å²) in [6, 6.07) is 12.4. The molecule has 27 heavy (non-hydrogen) atoms. The number of para-hydroxylation sites is 1. The standard InChI is InChI=1S/C16H12FN5O3S2/c17-10-6-7-12(13(8-10)22(24)25)19-14(23)9-26-16-21-20-15(27-16)18-11-4-2-1-3-5-11/h1-8H,9H2,(H,18,20)(H,19,23).